The molecule has 0 bridgehead atoms. The van der Waals surface area contributed by atoms with Crippen LogP contribution in [0.25, 0.3) is 70.7 Å². The van der Waals surface area contributed by atoms with E-state index in [1.54, 1.807) is 9.96 Å². The molecule has 1 radical (unpaired) electrons. The SMILES string of the molecule is CC(C)c1cc(-c2ccccc2)cc(C(C)C)c1-n1c(-c2[c-]ccc3c2sc2cc4c(cc23)CCCC4)nc2ccccc21.[CH3][Ge]([CH3])([CH3])[c]1cnc(-c2[c-]cccc2)cc1CC1CCCC1.[Ir]. The zero-order valence-corrected chi connectivity index (χ0v) is 45.6. The maximum atomic E-state index is 5.38. The molecule has 3 aromatic heterocycles. The van der Waals surface area contributed by atoms with Gasteiger partial charge in [-0.25, -0.2) is 0 Å². The molecule has 11 rings (SSSR count). The van der Waals surface area contributed by atoms with E-state index in [9.17, 15) is 0 Å². The predicted octanol–water partition coefficient (Wildman–Crippen LogP) is 16.5. The normalized spacial score (nSPS) is 14.2. The van der Waals surface area contributed by atoms with Gasteiger partial charge in [0, 0.05) is 30.5 Å². The number of fused-ring (bicyclic) bond motifs is 5. The molecule has 0 amide bonds. The van der Waals surface area contributed by atoms with E-state index in [0.29, 0.717) is 11.8 Å². The van der Waals surface area contributed by atoms with Crippen molar-refractivity contribution in [2.75, 3.05) is 0 Å². The summed E-state index contributed by atoms with van der Waals surface area (Å²) in [6, 6.07) is 51.1. The molecule has 6 aromatic carbocycles. The van der Waals surface area contributed by atoms with Crippen molar-refractivity contribution in [2.24, 2.45) is 5.92 Å². The molecule has 0 N–H and O–H groups in total. The van der Waals surface area contributed by atoms with Crippen LogP contribution in [-0.4, -0.2) is 27.8 Å². The minimum atomic E-state index is -1.87. The van der Waals surface area contributed by atoms with Crippen molar-refractivity contribution < 1.29 is 20.1 Å². The van der Waals surface area contributed by atoms with Gasteiger partial charge in [-0.3, -0.25) is 4.98 Å². The monoisotopic (exact) mass is 1140 g/mol. The summed E-state index contributed by atoms with van der Waals surface area (Å²) in [5.74, 6) is 9.95. The summed E-state index contributed by atoms with van der Waals surface area (Å²) in [5, 5.41) is 2.69. The average molecular weight is 1140 g/mol. The molecule has 1 fully saturated rings. The first-order chi connectivity index (χ1) is 32.0. The zero-order chi connectivity index (χ0) is 45.5. The number of hydrogen-bond acceptors (Lipinski definition) is 3. The Labute approximate surface area is 419 Å². The Bertz CT molecular complexity index is 3140. The molecule has 2 aliphatic carbocycles. The summed E-state index contributed by atoms with van der Waals surface area (Å²) in [6.07, 6.45) is 14.1. The summed E-state index contributed by atoms with van der Waals surface area (Å²) in [6.45, 7) is 9.27. The summed E-state index contributed by atoms with van der Waals surface area (Å²) in [4.78, 5) is 10.1. The van der Waals surface area contributed by atoms with Gasteiger partial charge in [0.1, 0.15) is 0 Å². The first kappa shape index (κ1) is 47.4. The average Bonchev–Trinajstić information content (AvgIpc) is 4.08. The fraction of sp³-hybridized carbons (Fsp3) is 0.311. The van der Waals surface area contributed by atoms with Crippen molar-refractivity contribution in [1.29, 1.82) is 0 Å². The molecule has 6 heteroatoms. The summed E-state index contributed by atoms with van der Waals surface area (Å²) >= 11 is 0.0348. The van der Waals surface area contributed by atoms with Crippen LogP contribution < -0.4 is 4.40 Å². The van der Waals surface area contributed by atoms with Gasteiger partial charge in [-0.05, 0) is 111 Å². The predicted molar refractivity (Wildman–Crippen MR) is 286 cm³/mol. The van der Waals surface area contributed by atoms with Gasteiger partial charge in [0.15, 0.2) is 0 Å². The van der Waals surface area contributed by atoms with Crippen LogP contribution in [0.4, 0.5) is 0 Å². The Morgan fingerprint density at radius 2 is 1.39 bits per heavy atom. The van der Waals surface area contributed by atoms with Gasteiger partial charge in [0.2, 0.25) is 0 Å². The Morgan fingerprint density at radius 3 is 2.07 bits per heavy atom. The number of aromatic nitrogens is 3. The summed E-state index contributed by atoms with van der Waals surface area (Å²) in [7, 11) is 0. The number of hydrogen-bond donors (Lipinski definition) is 0. The minimum absolute atomic E-state index is 0. The Kier molecular flexibility index (Phi) is 14.2. The molecule has 0 aliphatic heterocycles. The van der Waals surface area contributed by atoms with E-state index in [-0.39, 0.29) is 20.1 Å². The molecule has 67 heavy (non-hydrogen) atoms. The maximum absolute atomic E-state index is 5.38. The largest absolute Gasteiger partial charge is 0 e. The maximum Gasteiger partial charge on any atom is 0 e. The Morgan fingerprint density at radius 1 is 0.701 bits per heavy atom. The molecule has 9 aromatic rings. The molecule has 0 spiro atoms. The molecule has 3 nitrogen and oxygen atoms in total. The quantitative estimate of drug-likeness (QED) is 0.107. The molecule has 0 saturated heterocycles. The minimum Gasteiger partial charge on any atom is 0 e. The van der Waals surface area contributed by atoms with Gasteiger partial charge >= 0.3 is 137 Å². The van der Waals surface area contributed by atoms with Crippen molar-refractivity contribution in [1.82, 2.24) is 14.5 Å². The molecule has 1 saturated carbocycles. The molecule has 2 aliphatic rings. The van der Waals surface area contributed by atoms with E-state index in [1.165, 1.54) is 117 Å². The van der Waals surface area contributed by atoms with Gasteiger partial charge in [-0.1, -0.05) is 87.2 Å². The van der Waals surface area contributed by atoms with E-state index in [0.717, 1.165) is 39.6 Å². The Hall–Kier alpha value is -4.65. The van der Waals surface area contributed by atoms with Gasteiger partial charge in [0.05, 0.1) is 16.9 Å². The molecular formula is C61H63GeIrN3S-2. The van der Waals surface area contributed by atoms with Crippen molar-refractivity contribution in [3.05, 3.63) is 167 Å². The second-order valence-electron chi connectivity index (χ2n) is 20.6. The molecule has 343 valence electrons. The smallest absolute Gasteiger partial charge is 0 e. The number of benzene rings is 6. The fourth-order valence-corrected chi connectivity index (χ4v) is 15.3. The van der Waals surface area contributed by atoms with E-state index >= 15 is 0 Å². The first-order valence-electron chi connectivity index (χ1n) is 24.6. The van der Waals surface area contributed by atoms with Crippen molar-refractivity contribution in [3.63, 3.8) is 0 Å². The summed E-state index contributed by atoms with van der Waals surface area (Å²) in [5.41, 5.74) is 16.6. The van der Waals surface area contributed by atoms with Gasteiger partial charge < -0.3 is 4.57 Å². The fourth-order valence-electron chi connectivity index (χ4n) is 10.7. The molecule has 0 unspecified atom stereocenters. The second-order valence-corrected chi connectivity index (χ2v) is 32.2. The van der Waals surface area contributed by atoms with Crippen LogP contribution in [0.1, 0.15) is 106 Å². The molecule has 3 heterocycles. The van der Waals surface area contributed by atoms with Crippen LogP contribution in [0.5, 0.6) is 0 Å². The van der Waals surface area contributed by atoms with Crippen LogP contribution in [0, 0.1) is 18.1 Å². The second kappa shape index (κ2) is 20.1. The van der Waals surface area contributed by atoms with Crippen LogP contribution >= 0.6 is 11.3 Å². The zero-order valence-electron chi connectivity index (χ0n) is 40.3. The van der Waals surface area contributed by atoms with E-state index in [1.807, 2.05) is 23.5 Å². The van der Waals surface area contributed by atoms with Crippen LogP contribution in [0.3, 0.4) is 0 Å². The van der Waals surface area contributed by atoms with Crippen molar-refractivity contribution >= 4 is 60.2 Å². The van der Waals surface area contributed by atoms with Gasteiger partial charge in [0.25, 0.3) is 0 Å². The van der Waals surface area contributed by atoms with Crippen molar-refractivity contribution in [3.8, 4) is 39.5 Å². The first-order valence-corrected chi connectivity index (χ1v) is 32.7. The standard InChI is InChI=1S/C41H37N2S.C20H26GeN.Ir/c1-25(2)33-22-30(27-13-6-5-7-14-27)23-34(26(3)4)39(33)43-37-20-11-10-19-36(37)42-41(43)32-18-12-17-31-35-21-28-15-8-9-16-29(28)24-38(35)44-40(31)32;1-21(2,3)19-15-22-20(17-11-5-4-6-12-17)14-18(19)13-16-9-7-8-10-16;/h5-7,10-14,17,19-26H,8-9,15-16H2,1-4H3;4-6,11,14-16H,7-10,13H2,1-3H3;/q2*-1;. The third kappa shape index (κ3) is 9.69. The number of thiophene rings is 1. The van der Waals surface area contributed by atoms with E-state index in [4.69, 9.17) is 9.97 Å². The Balaban J connectivity index is 0.000000206. The topological polar surface area (TPSA) is 30.7 Å². The number of pyridine rings is 1. The van der Waals surface area contributed by atoms with E-state index in [2.05, 4.69) is 177 Å². The number of imidazole rings is 1. The van der Waals surface area contributed by atoms with Crippen LogP contribution in [0.2, 0.25) is 17.3 Å². The molecule has 0 atom stereocenters. The number of nitrogens with zero attached hydrogens (tertiary/aromatic N) is 3. The van der Waals surface area contributed by atoms with Crippen LogP contribution in [-0.2, 0) is 39.4 Å². The van der Waals surface area contributed by atoms with E-state index < -0.39 is 13.3 Å². The van der Waals surface area contributed by atoms with Crippen LogP contribution in [0.15, 0.2) is 128 Å². The summed E-state index contributed by atoms with van der Waals surface area (Å²) < 4.78 is 6.70. The molecular weight excluding hydrogens is 1070 g/mol. The van der Waals surface area contributed by atoms with Gasteiger partial charge in [-0.15, -0.1) is 18.2 Å². The van der Waals surface area contributed by atoms with Crippen molar-refractivity contribution in [2.45, 2.75) is 115 Å². The number of aryl methyl sites for hydroxylation is 2. The third-order valence-corrected chi connectivity index (χ3v) is 19.7. The number of rotatable bonds is 9. The van der Waals surface area contributed by atoms with Gasteiger partial charge in [-0.2, -0.15) is 11.3 Å². The number of para-hydroxylation sites is 2. The third-order valence-electron chi connectivity index (χ3n) is 14.2.